The summed E-state index contributed by atoms with van der Waals surface area (Å²) in [5.41, 5.74) is 1.91. The number of carbonyl (C=O) groups is 2. The quantitative estimate of drug-likeness (QED) is 0.481. The maximum atomic E-state index is 12.8. The van der Waals surface area contributed by atoms with Gasteiger partial charge in [-0.1, -0.05) is 44.2 Å². The lowest BCUT2D eigenvalue weighted by Crippen LogP contribution is -2.30. The Balaban J connectivity index is 2.03. The number of halogens is 3. The SMILES string of the molecule is Cc1cccc(C(C)C)c1NC(=O)[C@H](C)OC(=O)/C=C/c1cccc(C(F)(F)F)c1. The summed E-state index contributed by atoms with van der Waals surface area (Å²) in [6, 6.07) is 10.2. The van der Waals surface area contributed by atoms with Gasteiger partial charge in [0.25, 0.3) is 5.91 Å². The van der Waals surface area contributed by atoms with Crippen molar-refractivity contribution in [3.63, 3.8) is 0 Å². The van der Waals surface area contributed by atoms with Gasteiger partial charge in [0.05, 0.1) is 5.56 Å². The minimum Gasteiger partial charge on any atom is -0.449 e. The number of benzene rings is 2. The summed E-state index contributed by atoms with van der Waals surface area (Å²) in [6.45, 7) is 7.31. The number of aryl methyl sites for hydroxylation is 1. The van der Waals surface area contributed by atoms with Crippen LogP contribution in [0.2, 0.25) is 0 Å². The number of hydrogen-bond acceptors (Lipinski definition) is 3. The molecule has 1 atom stereocenters. The summed E-state index contributed by atoms with van der Waals surface area (Å²) in [5.74, 6) is -1.13. The second kappa shape index (κ2) is 9.61. The average molecular weight is 419 g/mol. The van der Waals surface area contributed by atoms with Crippen LogP contribution in [0, 0.1) is 6.92 Å². The van der Waals surface area contributed by atoms with Gasteiger partial charge in [0.1, 0.15) is 0 Å². The lowest BCUT2D eigenvalue weighted by molar-refractivity contribution is -0.148. The minimum absolute atomic E-state index is 0.188. The van der Waals surface area contributed by atoms with Gasteiger partial charge < -0.3 is 10.1 Å². The Labute approximate surface area is 173 Å². The maximum Gasteiger partial charge on any atom is 0.416 e. The molecule has 2 aromatic carbocycles. The monoisotopic (exact) mass is 419 g/mol. The molecule has 0 saturated heterocycles. The van der Waals surface area contributed by atoms with E-state index in [4.69, 9.17) is 4.74 Å². The van der Waals surface area contributed by atoms with E-state index in [1.54, 1.807) is 0 Å². The minimum atomic E-state index is -4.47. The zero-order chi connectivity index (χ0) is 22.5. The van der Waals surface area contributed by atoms with Crippen molar-refractivity contribution in [2.75, 3.05) is 5.32 Å². The summed E-state index contributed by atoms with van der Waals surface area (Å²) < 4.78 is 43.3. The fraction of sp³-hybridized carbons (Fsp3) is 0.304. The molecular weight excluding hydrogens is 395 g/mol. The van der Waals surface area contributed by atoms with Gasteiger partial charge in [-0.25, -0.2) is 4.79 Å². The third-order valence-electron chi connectivity index (χ3n) is 4.46. The molecule has 0 saturated carbocycles. The third kappa shape index (κ3) is 6.20. The van der Waals surface area contributed by atoms with Crippen LogP contribution < -0.4 is 5.32 Å². The molecule has 1 N–H and O–H groups in total. The molecule has 0 unspecified atom stereocenters. The first kappa shape index (κ1) is 23.2. The van der Waals surface area contributed by atoms with Gasteiger partial charge in [0.15, 0.2) is 6.10 Å². The number of anilines is 1. The van der Waals surface area contributed by atoms with Crippen LogP contribution in [0.4, 0.5) is 18.9 Å². The van der Waals surface area contributed by atoms with Crippen molar-refractivity contribution < 1.29 is 27.5 Å². The van der Waals surface area contributed by atoms with Gasteiger partial charge in [0.2, 0.25) is 0 Å². The molecule has 7 heteroatoms. The van der Waals surface area contributed by atoms with E-state index < -0.39 is 29.7 Å². The van der Waals surface area contributed by atoms with Gasteiger partial charge in [-0.15, -0.1) is 0 Å². The highest BCUT2D eigenvalue weighted by Gasteiger charge is 2.30. The van der Waals surface area contributed by atoms with Crippen LogP contribution in [-0.4, -0.2) is 18.0 Å². The number of esters is 1. The molecule has 30 heavy (non-hydrogen) atoms. The van der Waals surface area contributed by atoms with Crippen LogP contribution in [0.15, 0.2) is 48.5 Å². The van der Waals surface area contributed by atoms with Crippen LogP contribution >= 0.6 is 0 Å². The Morgan fingerprint density at radius 3 is 2.37 bits per heavy atom. The highest BCUT2D eigenvalue weighted by molar-refractivity contribution is 5.97. The molecule has 4 nitrogen and oxygen atoms in total. The van der Waals surface area contributed by atoms with Gasteiger partial charge in [-0.3, -0.25) is 4.79 Å². The Morgan fingerprint density at radius 1 is 1.07 bits per heavy atom. The van der Waals surface area contributed by atoms with Gasteiger partial charge in [-0.2, -0.15) is 13.2 Å². The van der Waals surface area contributed by atoms with Crippen molar-refractivity contribution in [1.82, 2.24) is 0 Å². The lowest BCUT2D eigenvalue weighted by Gasteiger charge is -2.18. The first-order valence-electron chi connectivity index (χ1n) is 9.45. The van der Waals surface area contributed by atoms with E-state index in [0.717, 1.165) is 29.3 Å². The number of nitrogens with one attached hydrogen (secondary N) is 1. The van der Waals surface area contributed by atoms with E-state index in [1.807, 2.05) is 39.0 Å². The highest BCUT2D eigenvalue weighted by atomic mass is 19.4. The zero-order valence-corrected chi connectivity index (χ0v) is 17.2. The van der Waals surface area contributed by atoms with Crippen molar-refractivity contribution in [1.29, 1.82) is 0 Å². The Morgan fingerprint density at radius 2 is 1.73 bits per heavy atom. The first-order valence-corrected chi connectivity index (χ1v) is 9.45. The number of alkyl halides is 3. The predicted octanol–water partition coefficient (Wildman–Crippen LogP) is 5.72. The highest BCUT2D eigenvalue weighted by Crippen LogP contribution is 2.30. The van der Waals surface area contributed by atoms with Crippen LogP contribution in [-0.2, 0) is 20.5 Å². The predicted molar refractivity (Wildman–Crippen MR) is 110 cm³/mol. The van der Waals surface area contributed by atoms with Gasteiger partial charge >= 0.3 is 12.1 Å². The van der Waals surface area contributed by atoms with Crippen LogP contribution in [0.25, 0.3) is 6.08 Å². The Bertz CT molecular complexity index is 949. The lowest BCUT2D eigenvalue weighted by atomic mass is 9.98. The van der Waals surface area contributed by atoms with Gasteiger partial charge in [0, 0.05) is 11.8 Å². The van der Waals surface area contributed by atoms with E-state index in [-0.39, 0.29) is 11.5 Å². The third-order valence-corrected chi connectivity index (χ3v) is 4.46. The van der Waals surface area contributed by atoms with Crippen LogP contribution in [0.5, 0.6) is 0 Å². The molecule has 0 aliphatic heterocycles. The molecule has 1 amide bonds. The standard InChI is InChI=1S/C23H24F3NO3/c1-14(2)19-10-5-7-15(3)21(19)27-22(29)16(4)30-20(28)12-11-17-8-6-9-18(13-17)23(24,25)26/h5-14,16H,1-4H3,(H,27,29)/b12-11+/t16-/m0/s1. The maximum absolute atomic E-state index is 12.8. The van der Waals surface area contributed by atoms with Crippen molar-refractivity contribution in [2.45, 2.75) is 45.9 Å². The molecular formula is C23H24F3NO3. The summed E-state index contributed by atoms with van der Waals surface area (Å²) in [7, 11) is 0. The normalized spacial score (nSPS) is 12.8. The van der Waals surface area contributed by atoms with Crippen molar-refractivity contribution in [3.05, 3.63) is 70.8 Å². The topological polar surface area (TPSA) is 55.4 Å². The van der Waals surface area contributed by atoms with E-state index in [2.05, 4.69) is 5.32 Å². The molecule has 0 aliphatic carbocycles. The Hall–Kier alpha value is -3.09. The number of carbonyl (C=O) groups excluding carboxylic acids is 2. The molecule has 0 fully saturated rings. The molecule has 0 aromatic heterocycles. The fourth-order valence-electron chi connectivity index (χ4n) is 2.82. The first-order chi connectivity index (χ1) is 14.0. The number of hydrogen-bond donors (Lipinski definition) is 1. The van der Waals surface area contributed by atoms with Crippen LogP contribution in [0.3, 0.4) is 0 Å². The molecule has 0 bridgehead atoms. The molecule has 2 rings (SSSR count). The Kier molecular flexibility index (Phi) is 7.43. The van der Waals surface area contributed by atoms with Crippen molar-refractivity contribution >= 4 is 23.6 Å². The fourth-order valence-corrected chi connectivity index (χ4v) is 2.82. The zero-order valence-electron chi connectivity index (χ0n) is 17.2. The summed E-state index contributed by atoms with van der Waals surface area (Å²) >= 11 is 0. The number of ether oxygens (including phenoxy) is 1. The average Bonchev–Trinajstić information content (AvgIpc) is 2.67. The number of para-hydroxylation sites is 1. The van der Waals surface area contributed by atoms with E-state index in [9.17, 15) is 22.8 Å². The molecule has 160 valence electrons. The van der Waals surface area contributed by atoms with E-state index >= 15 is 0 Å². The smallest absolute Gasteiger partial charge is 0.416 e. The largest absolute Gasteiger partial charge is 0.449 e. The summed E-state index contributed by atoms with van der Waals surface area (Å²) in [6.07, 6.45) is -3.35. The van der Waals surface area contributed by atoms with E-state index in [0.29, 0.717) is 5.69 Å². The second-order valence-electron chi connectivity index (χ2n) is 7.22. The van der Waals surface area contributed by atoms with Gasteiger partial charge in [-0.05, 0) is 54.7 Å². The van der Waals surface area contributed by atoms with Crippen molar-refractivity contribution in [2.24, 2.45) is 0 Å². The van der Waals surface area contributed by atoms with E-state index in [1.165, 1.54) is 25.1 Å². The molecule has 0 heterocycles. The summed E-state index contributed by atoms with van der Waals surface area (Å²) in [4.78, 5) is 24.5. The van der Waals surface area contributed by atoms with Crippen molar-refractivity contribution in [3.8, 4) is 0 Å². The second-order valence-corrected chi connectivity index (χ2v) is 7.22. The van der Waals surface area contributed by atoms with Crippen LogP contribution in [0.1, 0.15) is 48.9 Å². The molecule has 2 aromatic rings. The number of rotatable bonds is 6. The molecule has 0 radical (unpaired) electrons. The number of amides is 1. The molecule has 0 spiro atoms. The molecule has 0 aliphatic rings. The summed E-state index contributed by atoms with van der Waals surface area (Å²) in [5, 5.41) is 2.80.